The van der Waals surface area contributed by atoms with Crippen LogP contribution in [0.1, 0.15) is 0 Å². The SMILES string of the molecule is FC(F)(F)Cn1cc(I)c2cc(Br)cnc21. The summed E-state index contributed by atoms with van der Waals surface area (Å²) in [5, 5.41) is 0.722. The molecule has 0 fully saturated rings. The molecule has 2 rings (SSSR count). The van der Waals surface area contributed by atoms with E-state index in [2.05, 4.69) is 20.9 Å². The summed E-state index contributed by atoms with van der Waals surface area (Å²) in [6, 6.07) is 1.76. The molecular weight excluding hydrogens is 400 g/mol. The van der Waals surface area contributed by atoms with Gasteiger partial charge in [0.05, 0.1) is 0 Å². The number of pyridine rings is 1. The van der Waals surface area contributed by atoms with Crippen LogP contribution in [0.15, 0.2) is 22.9 Å². The van der Waals surface area contributed by atoms with E-state index in [9.17, 15) is 13.2 Å². The van der Waals surface area contributed by atoms with E-state index in [-0.39, 0.29) is 0 Å². The highest BCUT2D eigenvalue weighted by molar-refractivity contribution is 14.1. The molecule has 0 amide bonds. The van der Waals surface area contributed by atoms with Gasteiger partial charge < -0.3 is 4.57 Å². The molecule has 0 atom stereocenters. The standard InChI is InChI=1S/C9H5BrF3IN2/c10-5-1-6-7(14)3-16(4-9(11,12)13)8(6)15-2-5/h1-3H,4H2. The number of nitrogens with zero attached hydrogens (tertiary/aromatic N) is 2. The fourth-order valence-electron chi connectivity index (χ4n) is 1.42. The van der Waals surface area contributed by atoms with Gasteiger partial charge in [-0.3, -0.25) is 0 Å². The molecule has 2 heterocycles. The minimum atomic E-state index is -4.23. The minimum absolute atomic E-state index is 0.352. The number of halogens is 5. The van der Waals surface area contributed by atoms with Crippen LogP contribution in [-0.4, -0.2) is 15.7 Å². The molecule has 0 saturated carbocycles. The van der Waals surface area contributed by atoms with Gasteiger partial charge in [0.1, 0.15) is 12.2 Å². The Morgan fingerprint density at radius 3 is 2.75 bits per heavy atom. The van der Waals surface area contributed by atoms with Gasteiger partial charge in [-0.1, -0.05) is 0 Å². The molecule has 0 aliphatic heterocycles. The van der Waals surface area contributed by atoms with Gasteiger partial charge in [0.25, 0.3) is 0 Å². The van der Waals surface area contributed by atoms with E-state index in [4.69, 9.17) is 0 Å². The first-order valence-corrected chi connectivity index (χ1v) is 6.10. The second-order valence-corrected chi connectivity index (χ2v) is 5.32. The molecule has 7 heteroatoms. The van der Waals surface area contributed by atoms with Crippen molar-refractivity contribution in [1.82, 2.24) is 9.55 Å². The minimum Gasteiger partial charge on any atom is -0.322 e. The van der Waals surface area contributed by atoms with E-state index in [0.29, 0.717) is 5.65 Å². The molecule has 2 nitrogen and oxygen atoms in total. The van der Waals surface area contributed by atoms with Crippen LogP contribution in [0.25, 0.3) is 11.0 Å². The van der Waals surface area contributed by atoms with E-state index < -0.39 is 12.7 Å². The highest BCUT2D eigenvalue weighted by Gasteiger charge is 2.29. The Balaban J connectivity index is 2.55. The Kier molecular flexibility index (Phi) is 3.17. The van der Waals surface area contributed by atoms with Crippen LogP contribution >= 0.6 is 38.5 Å². The molecule has 0 aliphatic carbocycles. The van der Waals surface area contributed by atoms with E-state index in [1.807, 2.05) is 22.6 Å². The third-order valence-electron chi connectivity index (χ3n) is 1.98. The van der Waals surface area contributed by atoms with Crippen molar-refractivity contribution in [1.29, 1.82) is 0 Å². The zero-order chi connectivity index (χ0) is 11.9. The summed E-state index contributed by atoms with van der Waals surface area (Å²) in [6.07, 6.45) is -1.28. The fraction of sp³-hybridized carbons (Fsp3) is 0.222. The zero-order valence-corrected chi connectivity index (χ0v) is 11.5. The van der Waals surface area contributed by atoms with Crippen LogP contribution in [0.4, 0.5) is 13.2 Å². The quantitative estimate of drug-likeness (QED) is 0.658. The average molecular weight is 405 g/mol. The van der Waals surface area contributed by atoms with Crippen LogP contribution in [-0.2, 0) is 6.54 Å². The second kappa shape index (κ2) is 4.17. The van der Waals surface area contributed by atoms with E-state index in [1.165, 1.54) is 12.4 Å². The number of hydrogen-bond donors (Lipinski definition) is 0. The van der Waals surface area contributed by atoms with Gasteiger partial charge in [0.15, 0.2) is 0 Å². The number of fused-ring (bicyclic) bond motifs is 1. The lowest BCUT2D eigenvalue weighted by atomic mass is 10.3. The summed E-state index contributed by atoms with van der Waals surface area (Å²) >= 11 is 5.24. The van der Waals surface area contributed by atoms with E-state index in [0.717, 1.165) is 18.0 Å². The Bertz CT molecular complexity index is 535. The summed E-state index contributed by atoms with van der Waals surface area (Å²) in [6.45, 7) is -1.01. The normalized spacial score (nSPS) is 12.3. The third-order valence-corrected chi connectivity index (χ3v) is 3.27. The summed E-state index contributed by atoms with van der Waals surface area (Å²) in [4.78, 5) is 4.00. The average Bonchev–Trinajstić information content (AvgIpc) is 2.40. The molecule has 0 saturated heterocycles. The molecular formula is C9H5BrF3IN2. The van der Waals surface area contributed by atoms with Crippen LogP contribution < -0.4 is 0 Å². The molecule has 0 radical (unpaired) electrons. The third kappa shape index (κ3) is 2.50. The highest BCUT2D eigenvalue weighted by atomic mass is 127. The largest absolute Gasteiger partial charge is 0.406 e. The summed E-state index contributed by atoms with van der Waals surface area (Å²) in [5.74, 6) is 0. The van der Waals surface area contributed by atoms with Crippen molar-refractivity contribution in [2.75, 3.05) is 0 Å². The Morgan fingerprint density at radius 1 is 1.44 bits per heavy atom. The number of alkyl halides is 3. The fourth-order valence-corrected chi connectivity index (χ4v) is 2.48. The Morgan fingerprint density at radius 2 is 2.12 bits per heavy atom. The second-order valence-electron chi connectivity index (χ2n) is 3.24. The predicted octanol–water partition coefficient (Wildman–Crippen LogP) is 3.97. The molecule has 0 bridgehead atoms. The number of hydrogen-bond acceptors (Lipinski definition) is 1. The van der Waals surface area contributed by atoms with Crippen molar-refractivity contribution in [2.24, 2.45) is 0 Å². The first-order valence-electron chi connectivity index (χ1n) is 4.23. The van der Waals surface area contributed by atoms with Gasteiger partial charge in [0.2, 0.25) is 0 Å². The van der Waals surface area contributed by atoms with Crippen LogP contribution in [0.3, 0.4) is 0 Å². The molecule has 16 heavy (non-hydrogen) atoms. The first kappa shape index (κ1) is 12.2. The summed E-state index contributed by atoms with van der Waals surface area (Å²) < 4.78 is 39.5. The lowest BCUT2D eigenvalue weighted by molar-refractivity contribution is -0.139. The predicted molar refractivity (Wildman–Crippen MR) is 66.2 cm³/mol. The van der Waals surface area contributed by atoms with Crippen LogP contribution in [0.5, 0.6) is 0 Å². The summed E-state index contributed by atoms with van der Waals surface area (Å²) in [7, 11) is 0. The maximum Gasteiger partial charge on any atom is 0.406 e. The molecule has 2 aromatic heterocycles. The van der Waals surface area contributed by atoms with Gasteiger partial charge in [0, 0.05) is 25.8 Å². The van der Waals surface area contributed by atoms with Crippen molar-refractivity contribution in [2.45, 2.75) is 12.7 Å². The zero-order valence-electron chi connectivity index (χ0n) is 7.72. The number of aromatic nitrogens is 2. The molecule has 0 spiro atoms. The Labute approximate surface area is 111 Å². The highest BCUT2D eigenvalue weighted by Crippen LogP contribution is 2.27. The molecule has 0 aromatic carbocycles. The monoisotopic (exact) mass is 404 g/mol. The van der Waals surface area contributed by atoms with Crippen molar-refractivity contribution in [3.8, 4) is 0 Å². The maximum atomic E-state index is 12.3. The molecule has 0 aliphatic rings. The van der Waals surface area contributed by atoms with Gasteiger partial charge in [-0.15, -0.1) is 0 Å². The molecule has 0 N–H and O–H groups in total. The van der Waals surface area contributed by atoms with E-state index in [1.54, 1.807) is 6.07 Å². The van der Waals surface area contributed by atoms with Gasteiger partial charge in [-0.2, -0.15) is 13.2 Å². The molecule has 0 unspecified atom stereocenters. The van der Waals surface area contributed by atoms with Gasteiger partial charge in [-0.25, -0.2) is 4.98 Å². The van der Waals surface area contributed by atoms with E-state index >= 15 is 0 Å². The summed E-state index contributed by atoms with van der Waals surface area (Å²) in [5.41, 5.74) is 0.352. The lowest BCUT2D eigenvalue weighted by Gasteiger charge is -2.07. The Hall–Kier alpha value is -0.310. The van der Waals surface area contributed by atoms with Gasteiger partial charge >= 0.3 is 6.18 Å². The van der Waals surface area contributed by atoms with Crippen molar-refractivity contribution in [3.63, 3.8) is 0 Å². The maximum absolute atomic E-state index is 12.3. The van der Waals surface area contributed by atoms with Crippen LogP contribution in [0.2, 0.25) is 0 Å². The van der Waals surface area contributed by atoms with Crippen molar-refractivity contribution < 1.29 is 13.2 Å². The van der Waals surface area contributed by atoms with Gasteiger partial charge in [-0.05, 0) is 44.6 Å². The van der Waals surface area contributed by atoms with Crippen molar-refractivity contribution >= 4 is 49.6 Å². The van der Waals surface area contributed by atoms with Crippen molar-refractivity contribution in [3.05, 3.63) is 26.5 Å². The first-order chi connectivity index (χ1) is 7.37. The van der Waals surface area contributed by atoms with Crippen LogP contribution in [0, 0.1) is 3.57 Å². The number of rotatable bonds is 1. The smallest absolute Gasteiger partial charge is 0.322 e. The topological polar surface area (TPSA) is 17.8 Å². The molecule has 86 valence electrons. The molecule has 2 aromatic rings. The lowest BCUT2D eigenvalue weighted by Crippen LogP contribution is -2.17.